The standard InChI is InChI=1S/C49H74N14O13.C2H4O2/c1-26(2)18-33(42(51)70)59-40(67)25-55-44(72)35(20-29-10-7-6-8-11-29)61-43(71)28(5)57-47(75)36(21-30-13-15-31(64)16-14-30)63-48(76)34(19-27(3)4)62-46(74)32(12-9-17-54-49(52)53)58-39(66)24-56-45(73)37(22-41(68)69)60-38(65)23-50;1-2(3)4/h6-8,10-11,13-16,26-28,32-37,64H,9,12,17-25,50H2,1-5H3,(H2,51,70)(H,55,72)(H,56,73)(H,57,75)(H,58,66)(H,59,67)(H,60,65)(H,61,71)(H,62,74)(H,63,76)(H,68,69)(H4,52,53,54);1H3,(H,3,4)/t28-,32-,33-,34-,35-,36-,37-;/m0./s1. The zero-order valence-electron chi connectivity index (χ0n) is 45.7. The molecule has 0 aliphatic heterocycles. The van der Waals surface area contributed by atoms with E-state index in [1.807, 2.05) is 13.8 Å². The summed E-state index contributed by atoms with van der Waals surface area (Å²) >= 11 is 0. The number of carboxylic acids is 2. The monoisotopic (exact) mass is 1130 g/mol. The third-order valence-electron chi connectivity index (χ3n) is 11.1. The van der Waals surface area contributed by atoms with E-state index in [-0.39, 0.29) is 68.6 Å². The predicted molar refractivity (Wildman–Crippen MR) is 290 cm³/mol. The van der Waals surface area contributed by atoms with Crippen LogP contribution in [0.15, 0.2) is 59.6 Å². The smallest absolute Gasteiger partial charge is 0.305 e. The summed E-state index contributed by atoms with van der Waals surface area (Å²) in [6, 6.07) is 4.98. The van der Waals surface area contributed by atoms with E-state index >= 15 is 0 Å². The number of aromatic hydroxyl groups is 1. The van der Waals surface area contributed by atoms with E-state index in [4.69, 9.17) is 32.8 Å². The van der Waals surface area contributed by atoms with Crippen LogP contribution in [0.5, 0.6) is 5.75 Å². The molecule has 0 radical (unpaired) electrons. The summed E-state index contributed by atoms with van der Waals surface area (Å²) in [5.41, 5.74) is 22.7. The minimum atomic E-state index is -1.58. The topological polar surface area (TPSA) is 490 Å². The number of phenolic OH excluding ortho intramolecular Hbond substituents is 1. The predicted octanol–water partition coefficient (Wildman–Crippen LogP) is -4.02. The molecule has 0 aliphatic carbocycles. The number of phenols is 1. The van der Waals surface area contributed by atoms with Crippen LogP contribution >= 0.6 is 0 Å². The molecule has 0 spiro atoms. The normalized spacial score (nSPS) is 13.3. The van der Waals surface area contributed by atoms with Crippen LogP contribution in [0, 0.1) is 11.8 Å². The van der Waals surface area contributed by atoms with Gasteiger partial charge < -0.3 is 86.1 Å². The van der Waals surface area contributed by atoms with E-state index < -0.39 is 139 Å². The lowest BCUT2D eigenvalue weighted by Crippen LogP contribution is -2.59. The Hall–Kier alpha value is -8.89. The molecule has 29 nitrogen and oxygen atoms in total. The van der Waals surface area contributed by atoms with Crippen molar-refractivity contribution in [2.24, 2.45) is 39.8 Å². The third kappa shape index (κ3) is 29.6. The number of carboxylic acid groups (broad SMARTS) is 2. The number of amides is 10. The molecule has 0 fully saturated rings. The number of nitrogens with zero attached hydrogens (tertiary/aromatic N) is 1. The SMILES string of the molecule is CC(=O)O.CC(C)C[C@H](NC(=O)CNC(=O)[C@H](Cc1ccccc1)NC(=O)[C@H](C)NC(=O)[C@H](Cc1ccc(O)cc1)NC(=O)[C@H](CC(C)C)NC(=O)[C@H](CCCN=C(N)N)NC(=O)CNC(=O)[C@H](CC(=O)O)NC(=O)CN)C(N)=O. The lowest BCUT2D eigenvalue weighted by atomic mass is 10.00. The Morgan fingerprint density at radius 3 is 1.46 bits per heavy atom. The van der Waals surface area contributed by atoms with Crippen molar-refractivity contribution in [2.45, 2.75) is 129 Å². The quantitative estimate of drug-likeness (QED) is 0.0184. The summed E-state index contributed by atoms with van der Waals surface area (Å²) in [7, 11) is 0. The Kier molecular flexibility index (Phi) is 31.3. The maximum absolute atomic E-state index is 14.3. The average molecular weight is 1130 g/mol. The van der Waals surface area contributed by atoms with Crippen LogP contribution in [0.2, 0.25) is 0 Å². The average Bonchev–Trinajstić information content (AvgIpc) is 3.37. The number of hydrogen-bond acceptors (Lipinski definition) is 15. The fraction of sp³-hybridized carbons (Fsp3) is 0.510. The fourth-order valence-corrected chi connectivity index (χ4v) is 7.26. The summed E-state index contributed by atoms with van der Waals surface area (Å²) < 4.78 is 0. The van der Waals surface area contributed by atoms with Gasteiger partial charge in [0.1, 0.15) is 48.0 Å². The van der Waals surface area contributed by atoms with Crippen molar-refractivity contribution in [2.75, 3.05) is 26.2 Å². The molecule has 0 saturated carbocycles. The van der Waals surface area contributed by atoms with E-state index in [1.165, 1.54) is 31.2 Å². The van der Waals surface area contributed by atoms with Crippen molar-refractivity contribution < 1.29 is 72.9 Å². The number of aliphatic carboxylic acids is 2. The summed E-state index contributed by atoms with van der Waals surface area (Å²) in [6.07, 6.45) is -0.767. The molecule has 0 unspecified atom stereocenters. The summed E-state index contributed by atoms with van der Waals surface area (Å²) in [4.78, 5) is 156. The van der Waals surface area contributed by atoms with Gasteiger partial charge in [-0.2, -0.15) is 0 Å². The van der Waals surface area contributed by atoms with Crippen LogP contribution in [-0.2, 0) is 70.4 Å². The highest BCUT2D eigenvalue weighted by atomic mass is 16.4. The molecule has 29 heteroatoms. The van der Waals surface area contributed by atoms with E-state index in [2.05, 4.69) is 52.8 Å². The van der Waals surface area contributed by atoms with Crippen molar-refractivity contribution in [3.63, 3.8) is 0 Å². The van der Waals surface area contributed by atoms with E-state index in [1.54, 1.807) is 44.2 Å². The van der Waals surface area contributed by atoms with E-state index in [9.17, 15) is 63.0 Å². The second-order valence-electron chi connectivity index (χ2n) is 19.2. The van der Waals surface area contributed by atoms with Crippen LogP contribution in [0.4, 0.5) is 0 Å². The number of primary amides is 1. The van der Waals surface area contributed by atoms with Gasteiger partial charge in [-0.15, -0.1) is 0 Å². The highest BCUT2D eigenvalue weighted by molar-refractivity contribution is 5.98. The first-order valence-electron chi connectivity index (χ1n) is 25.4. The number of rotatable bonds is 33. The zero-order valence-corrected chi connectivity index (χ0v) is 45.7. The van der Waals surface area contributed by atoms with Crippen LogP contribution in [0.25, 0.3) is 0 Å². The molecule has 7 atom stereocenters. The molecule has 2 rings (SSSR count). The summed E-state index contributed by atoms with van der Waals surface area (Å²) in [5.74, 6) is -11.3. The molecule has 80 heavy (non-hydrogen) atoms. The van der Waals surface area contributed by atoms with Gasteiger partial charge >= 0.3 is 5.97 Å². The second kappa shape index (κ2) is 36.3. The highest BCUT2D eigenvalue weighted by Crippen LogP contribution is 2.14. The van der Waals surface area contributed by atoms with Gasteiger partial charge in [-0.05, 0) is 67.7 Å². The number of aliphatic imine (C=N–C) groups is 1. The fourth-order valence-electron chi connectivity index (χ4n) is 7.26. The second-order valence-corrected chi connectivity index (χ2v) is 19.2. The Morgan fingerprint density at radius 1 is 0.525 bits per heavy atom. The van der Waals surface area contributed by atoms with Gasteiger partial charge in [0, 0.05) is 26.3 Å². The van der Waals surface area contributed by atoms with Crippen molar-refractivity contribution >= 4 is 77.0 Å². The molecule has 442 valence electrons. The van der Waals surface area contributed by atoms with Crippen LogP contribution in [0.3, 0.4) is 0 Å². The van der Waals surface area contributed by atoms with Gasteiger partial charge in [0.05, 0.1) is 26.1 Å². The van der Waals surface area contributed by atoms with Gasteiger partial charge in [-0.3, -0.25) is 62.5 Å². The van der Waals surface area contributed by atoms with Gasteiger partial charge in [0.15, 0.2) is 5.96 Å². The molecule has 0 bridgehead atoms. The minimum absolute atomic E-state index is 0.00430. The van der Waals surface area contributed by atoms with Gasteiger partial charge in [-0.1, -0.05) is 70.2 Å². The highest BCUT2D eigenvalue weighted by Gasteiger charge is 2.33. The van der Waals surface area contributed by atoms with Crippen molar-refractivity contribution in [3.05, 3.63) is 65.7 Å². The first-order valence-corrected chi connectivity index (χ1v) is 25.4. The number of guanidine groups is 1. The molecular weight excluding hydrogens is 1050 g/mol. The first kappa shape index (κ1) is 69.1. The van der Waals surface area contributed by atoms with Gasteiger partial charge in [0.25, 0.3) is 5.97 Å². The minimum Gasteiger partial charge on any atom is -0.508 e. The number of carbonyl (C=O) groups is 12. The molecule has 0 saturated heterocycles. The Balaban J connectivity index is 0.00000772. The van der Waals surface area contributed by atoms with Crippen LogP contribution < -0.4 is 70.8 Å². The van der Waals surface area contributed by atoms with Crippen LogP contribution in [0.1, 0.15) is 84.8 Å². The molecule has 2 aromatic rings. The zero-order chi connectivity index (χ0) is 60.6. The van der Waals surface area contributed by atoms with Crippen molar-refractivity contribution in [1.82, 2.24) is 47.9 Å². The number of nitrogens with one attached hydrogen (secondary N) is 9. The molecule has 20 N–H and O–H groups in total. The molecule has 0 aliphatic rings. The first-order chi connectivity index (χ1) is 37.5. The molecule has 0 aromatic heterocycles. The van der Waals surface area contributed by atoms with E-state index in [0.29, 0.717) is 11.1 Å². The largest absolute Gasteiger partial charge is 0.508 e. The molecule has 2 aromatic carbocycles. The molecule has 10 amide bonds. The van der Waals surface area contributed by atoms with Crippen LogP contribution in [-0.4, -0.2) is 161 Å². The number of carbonyl (C=O) groups excluding carboxylic acids is 10. The summed E-state index contributed by atoms with van der Waals surface area (Å²) in [5, 5.41) is 48.8. The maximum atomic E-state index is 14.3. The lowest BCUT2D eigenvalue weighted by Gasteiger charge is -2.27. The maximum Gasteiger partial charge on any atom is 0.305 e. The Bertz CT molecular complexity index is 2450. The number of nitrogens with two attached hydrogens (primary N) is 4. The van der Waals surface area contributed by atoms with Crippen molar-refractivity contribution in [3.8, 4) is 5.75 Å². The lowest BCUT2D eigenvalue weighted by molar-refractivity contribution is -0.140. The van der Waals surface area contributed by atoms with Gasteiger partial charge in [0.2, 0.25) is 59.1 Å². The van der Waals surface area contributed by atoms with Gasteiger partial charge in [-0.25, -0.2) is 0 Å². The number of hydrogen-bond donors (Lipinski definition) is 16. The molecular formula is C51H78N14O15. The summed E-state index contributed by atoms with van der Waals surface area (Å²) in [6.45, 7) is 7.74. The third-order valence-corrected chi connectivity index (χ3v) is 11.1. The molecule has 0 heterocycles. The Labute approximate surface area is 462 Å². The van der Waals surface area contributed by atoms with Crippen molar-refractivity contribution in [1.29, 1.82) is 0 Å². The number of benzene rings is 2. The van der Waals surface area contributed by atoms with E-state index in [0.717, 1.165) is 6.92 Å². The Morgan fingerprint density at radius 2 is 0.963 bits per heavy atom.